The monoisotopic (exact) mass is 551 g/mol. The Morgan fingerprint density at radius 3 is 2.21 bits per heavy atom. The second kappa shape index (κ2) is 8.12. The lowest BCUT2D eigenvalue weighted by atomic mass is 9.96. The molecule has 0 aliphatic rings. The van der Waals surface area contributed by atoms with Gasteiger partial charge in [-0.25, -0.2) is 9.97 Å². The fraction of sp³-hybridized carbons (Fsp3) is 0. The highest BCUT2D eigenvalue weighted by atomic mass is 32.1. The van der Waals surface area contributed by atoms with Crippen molar-refractivity contribution < 1.29 is 0 Å². The Labute approximate surface area is 244 Å². The van der Waals surface area contributed by atoms with Crippen molar-refractivity contribution in [3.63, 3.8) is 0 Å². The molecule has 42 heavy (non-hydrogen) atoms. The summed E-state index contributed by atoms with van der Waals surface area (Å²) < 4.78 is 4.98. The van der Waals surface area contributed by atoms with Crippen LogP contribution in [0.1, 0.15) is 0 Å². The predicted molar refractivity (Wildman–Crippen MR) is 178 cm³/mol. The van der Waals surface area contributed by atoms with Crippen molar-refractivity contribution in [1.29, 1.82) is 0 Å². The van der Waals surface area contributed by atoms with Crippen molar-refractivity contribution in [3.05, 3.63) is 127 Å². The van der Waals surface area contributed by atoms with E-state index in [1.54, 1.807) is 0 Å². The van der Waals surface area contributed by atoms with Crippen LogP contribution in [0.4, 0.5) is 0 Å². The summed E-state index contributed by atoms with van der Waals surface area (Å²) in [7, 11) is 0. The van der Waals surface area contributed by atoms with Crippen molar-refractivity contribution >= 4 is 80.9 Å². The average Bonchev–Trinajstić information content (AvgIpc) is 3.70. The zero-order valence-corrected chi connectivity index (χ0v) is 23.2. The maximum atomic E-state index is 5.25. The Bertz CT molecular complexity index is 2680. The number of nitrogens with zero attached hydrogens (tertiary/aromatic N) is 3. The lowest BCUT2D eigenvalue weighted by Gasteiger charge is -2.07. The van der Waals surface area contributed by atoms with Gasteiger partial charge in [0.15, 0.2) is 5.65 Å². The maximum absolute atomic E-state index is 5.25. The molecule has 0 bridgehead atoms. The van der Waals surface area contributed by atoms with E-state index in [9.17, 15) is 0 Å². The van der Waals surface area contributed by atoms with Crippen molar-refractivity contribution in [2.24, 2.45) is 0 Å². The molecular formula is C38H21N3S. The molecule has 0 N–H and O–H groups in total. The van der Waals surface area contributed by atoms with Crippen LogP contribution in [0.5, 0.6) is 0 Å². The van der Waals surface area contributed by atoms with Gasteiger partial charge in [0.25, 0.3) is 0 Å². The van der Waals surface area contributed by atoms with E-state index >= 15 is 0 Å². The number of thiophene rings is 1. The van der Waals surface area contributed by atoms with E-state index in [0.717, 1.165) is 38.7 Å². The molecule has 0 saturated heterocycles. The number of para-hydroxylation sites is 1. The topological polar surface area (TPSA) is 30.2 Å². The minimum atomic E-state index is 0.905. The van der Waals surface area contributed by atoms with E-state index in [1.165, 1.54) is 53.2 Å². The number of hydrogen-bond donors (Lipinski definition) is 0. The van der Waals surface area contributed by atoms with E-state index in [1.807, 2.05) is 17.4 Å². The van der Waals surface area contributed by atoms with E-state index in [4.69, 9.17) is 9.97 Å². The minimum Gasteiger partial charge on any atom is -0.291 e. The van der Waals surface area contributed by atoms with Crippen LogP contribution in [0.2, 0.25) is 0 Å². The summed E-state index contributed by atoms with van der Waals surface area (Å²) in [6, 6.07) is 45.7. The van der Waals surface area contributed by atoms with Crippen LogP contribution in [0.3, 0.4) is 0 Å². The van der Waals surface area contributed by atoms with Gasteiger partial charge < -0.3 is 0 Å². The first-order chi connectivity index (χ1) is 20.8. The molecule has 0 amide bonds. The van der Waals surface area contributed by atoms with Gasteiger partial charge in [0.2, 0.25) is 0 Å². The maximum Gasteiger partial charge on any atom is 0.165 e. The van der Waals surface area contributed by atoms with Crippen LogP contribution in [-0.4, -0.2) is 14.4 Å². The first-order valence-corrected chi connectivity index (χ1v) is 15.0. The van der Waals surface area contributed by atoms with E-state index in [0.29, 0.717) is 0 Å². The molecule has 10 rings (SSSR count). The molecule has 0 aliphatic carbocycles. The van der Waals surface area contributed by atoms with Gasteiger partial charge >= 0.3 is 0 Å². The van der Waals surface area contributed by atoms with Crippen molar-refractivity contribution in [3.8, 4) is 22.3 Å². The van der Waals surface area contributed by atoms with Gasteiger partial charge in [0, 0.05) is 36.3 Å². The fourth-order valence-electron chi connectivity index (χ4n) is 6.83. The SMILES string of the molecule is c1ccc(-c2ccc3nc4c(nc3c2)c2ccc(-c3ccc5sc6ccccc6c5c3)c3c5ccccc5n4c23)cc1. The van der Waals surface area contributed by atoms with Crippen molar-refractivity contribution in [2.45, 2.75) is 0 Å². The normalized spacial score (nSPS) is 12.3. The van der Waals surface area contributed by atoms with Crippen LogP contribution < -0.4 is 0 Å². The molecule has 4 heterocycles. The third-order valence-electron chi connectivity index (χ3n) is 8.72. The number of fused-ring (bicyclic) bond motifs is 10. The molecule has 3 nitrogen and oxygen atoms in total. The van der Waals surface area contributed by atoms with Crippen LogP contribution in [0.15, 0.2) is 127 Å². The van der Waals surface area contributed by atoms with Gasteiger partial charge in [0.05, 0.1) is 22.1 Å². The first-order valence-electron chi connectivity index (χ1n) is 14.2. The summed E-state index contributed by atoms with van der Waals surface area (Å²) in [5.74, 6) is 0. The molecule has 6 aromatic carbocycles. The zero-order valence-electron chi connectivity index (χ0n) is 22.4. The number of aromatic nitrogens is 3. The van der Waals surface area contributed by atoms with Gasteiger partial charge in [-0.05, 0) is 64.7 Å². The molecule has 0 spiro atoms. The highest BCUT2D eigenvalue weighted by Crippen LogP contribution is 2.44. The molecule has 0 fully saturated rings. The van der Waals surface area contributed by atoms with E-state index < -0.39 is 0 Å². The second-order valence-corrected chi connectivity index (χ2v) is 12.1. The highest BCUT2D eigenvalue weighted by molar-refractivity contribution is 7.25. The standard InChI is InChI=1S/C38H21N3S/c1-2-8-22(9-3-1)23-14-18-30-31(21-23)39-36-28-17-16-25(24-15-19-34-29(20-24)26-10-5-7-13-33(26)42-34)35-27-11-4-6-12-32(27)41(37(28)35)38(36)40-30/h1-21H. The summed E-state index contributed by atoms with van der Waals surface area (Å²) in [6.07, 6.45) is 0. The van der Waals surface area contributed by atoms with Gasteiger partial charge in [-0.15, -0.1) is 11.3 Å². The van der Waals surface area contributed by atoms with Crippen molar-refractivity contribution in [1.82, 2.24) is 14.4 Å². The number of benzene rings is 6. The van der Waals surface area contributed by atoms with Crippen LogP contribution >= 0.6 is 11.3 Å². The van der Waals surface area contributed by atoms with Gasteiger partial charge in [-0.2, -0.15) is 0 Å². The molecule has 0 unspecified atom stereocenters. The van der Waals surface area contributed by atoms with Gasteiger partial charge in [0.1, 0.15) is 5.52 Å². The third-order valence-corrected chi connectivity index (χ3v) is 9.88. The van der Waals surface area contributed by atoms with E-state index in [-0.39, 0.29) is 0 Å². The van der Waals surface area contributed by atoms with Gasteiger partial charge in [-0.1, -0.05) is 84.9 Å². The number of hydrogen-bond acceptors (Lipinski definition) is 3. The lowest BCUT2D eigenvalue weighted by Crippen LogP contribution is -1.90. The Morgan fingerprint density at radius 1 is 0.500 bits per heavy atom. The first kappa shape index (κ1) is 22.4. The molecule has 194 valence electrons. The lowest BCUT2D eigenvalue weighted by molar-refractivity contribution is 1.28. The molecule has 0 radical (unpaired) electrons. The highest BCUT2D eigenvalue weighted by Gasteiger charge is 2.22. The third kappa shape index (κ3) is 2.94. The summed E-state index contributed by atoms with van der Waals surface area (Å²) >= 11 is 1.86. The van der Waals surface area contributed by atoms with E-state index in [2.05, 4.69) is 126 Å². The van der Waals surface area contributed by atoms with Crippen LogP contribution in [0, 0.1) is 0 Å². The molecular weight excluding hydrogens is 531 g/mol. The quantitative estimate of drug-likeness (QED) is 0.214. The Kier molecular flexibility index (Phi) is 4.33. The molecule has 0 saturated carbocycles. The Morgan fingerprint density at radius 2 is 1.29 bits per heavy atom. The van der Waals surface area contributed by atoms with Crippen LogP contribution in [-0.2, 0) is 0 Å². The number of rotatable bonds is 2. The summed E-state index contributed by atoms with van der Waals surface area (Å²) in [5.41, 5.74) is 10.8. The molecule has 4 aromatic heterocycles. The predicted octanol–water partition coefficient (Wildman–Crippen LogP) is 10.5. The second-order valence-electron chi connectivity index (χ2n) is 11.0. The Hall–Kier alpha value is -5.32. The zero-order chi connectivity index (χ0) is 27.4. The fourth-order valence-corrected chi connectivity index (χ4v) is 7.92. The molecule has 0 atom stereocenters. The average molecular weight is 552 g/mol. The minimum absolute atomic E-state index is 0.905. The van der Waals surface area contributed by atoms with Crippen molar-refractivity contribution in [2.75, 3.05) is 0 Å². The molecule has 10 aromatic rings. The van der Waals surface area contributed by atoms with Gasteiger partial charge in [-0.3, -0.25) is 4.40 Å². The van der Waals surface area contributed by atoms with Crippen LogP contribution in [0.25, 0.3) is 91.8 Å². The summed E-state index contributed by atoms with van der Waals surface area (Å²) in [4.78, 5) is 10.5. The summed E-state index contributed by atoms with van der Waals surface area (Å²) in [6.45, 7) is 0. The molecule has 0 aliphatic heterocycles. The molecule has 4 heteroatoms. The smallest absolute Gasteiger partial charge is 0.165 e. The largest absolute Gasteiger partial charge is 0.291 e. The summed E-state index contributed by atoms with van der Waals surface area (Å²) in [5, 5.41) is 6.28. The Balaban J connectivity index is 1.29.